The topological polar surface area (TPSA) is 146 Å². The Balaban J connectivity index is 0.000000493. The molecule has 44 heavy (non-hydrogen) atoms. The number of nitrogens with zero attached hydrogens (tertiary/aromatic N) is 5. The van der Waals surface area contributed by atoms with Crippen LogP contribution >= 0.6 is 0 Å². The average Bonchev–Trinajstić information content (AvgIpc) is 3.62. The molecule has 0 atom stereocenters. The number of nitrogens with one attached hydrogen (secondary N) is 4. The van der Waals surface area contributed by atoms with Gasteiger partial charge in [-0.3, -0.25) is 4.57 Å². The van der Waals surface area contributed by atoms with Crippen LogP contribution in [-0.2, 0) is 11.3 Å². The number of aromatic amines is 1. The Hall–Kier alpha value is -4.93. The number of carboxylic acids is 1. The average molecular weight is 622 g/mol. The first kappa shape index (κ1) is 30.5. The zero-order valence-corrected chi connectivity index (χ0v) is 22.7. The Bertz CT molecular complexity index is 1780. The fourth-order valence-electron chi connectivity index (χ4n) is 4.56. The standard InChI is InChI=1S/C25H24F3N9.C2HF3O2/c26-15-2-1-3-16(10-15)37-13-32-22-23(30-12-19-33-18-5-4-17(27)20(28)21(18)34-19)35-25(36-24(22)37)31-11-14-6-8-29-9-7-14;3-2(4,5)1(6)7/h1-5,10,13-14,29H,6-9,11-12H2,(H,33,34)(H2,30,31,35,36);(H,6,7). The van der Waals surface area contributed by atoms with Crippen LogP contribution in [0, 0.1) is 23.4 Å². The number of halogens is 6. The number of carbonyl (C=O) groups is 1. The quantitative estimate of drug-likeness (QED) is 0.162. The van der Waals surface area contributed by atoms with Crippen LogP contribution in [0.3, 0.4) is 0 Å². The van der Waals surface area contributed by atoms with Gasteiger partial charge in [0.15, 0.2) is 28.6 Å². The minimum atomic E-state index is -5.08. The van der Waals surface area contributed by atoms with Crippen LogP contribution in [0.15, 0.2) is 42.7 Å². The van der Waals surface area contributed by atoms with E-state index >= 15 is 0 Å². The molecule has 0 saturated carbocycles. The number of anilines is 2. The van der Waals surface area contributed by atoms with E-state index in [-0.39, 0.29) is 17.9 Å². The molecule has 0 aliphatic carbocycles. The van der Waals surface area contributed by atoms with E-state index in [1.165, 1.54) is 18.2 Å². The van der Waals surface area contributed by atoms with Gasteiger partial charge in [-0.15, -0.1) is 0 Å². The number of hydrogen-bond acceptors (Lipinski definition) is 8. The number of rotatable bonds is 7. The Kier molecular flexibility index (Phi) is 8.84. The van der Waals surface area contributed by atoms with E-state index in [0.29, 0.717) is 45.9 Å². The molecule has 6 rings (SSSR count). The highest BCUT2D eigenvalue weighted by atomic mass is 19.4. The zero-order chi connectivity index (χ0) is 31.4. The van der Waals surface area contributed by atoms with E-state index in [4.69, 9.17) is 9.90 Å². The fraction of sp³-hybridized carbons (Fsp3) is 0.296. The zero-order valence-electron chi connectivity index (χ0n) is 22.7. The van der Waals surface area contributed by atoms with E-state index in [1.54, 1.807) is 23.0 Å². The minimum Gasteiger partial charge on any atom is -0.475 e. The summed E-state index contributed by atoms with van der Waals surface area (Å²) < 4.78 is 75.1. The van der Waals surface area contributed by atoms with Crippen molar-refractivity contribution in [1.29, 1.82) is 0 Å². The summed E-state index contributed by atoms with van der Waals surface area (Å²) in [5.41, 5.74) is 1.87. The lowest BCUT2D eigenvalue weighted by molar-refractivity contribution is -0.192. The molecule has 232 valence electrons. The number of imidazole rings is 2. The highest BCUT2D eigenvalue weighted by molar-refractivity contribution is 5.85. The Morgan fingerprint density at radius 1 is 1.02 bits per heavy atom. The summed E-state index contributed by atoms with van der Waals surface area (Å²) in [6, 6.07) is 8.66. The molecular weight excluding hydrogens is 596 g/mol. The van der Waals surface area contributed by atoms with Gasteiger partial charge in [-0.25, -0.2) is 27.9 Å². The number of H-pyrrole nitrogens is 1. The number of alkyl halides is 3. The Labute approximate surface area is 244 Å². The number of hydrogen-bond donors (Lipinski definition) is 5. The Morgan fingerprint density at radius 2 is 1.77 bits per heavy atom. The second-order valence-corrected chi connectivity index (χ2v) is 9.83. The fourth-order valence-corrected chi connectivity index (χ4v) is 4.56. The third-order valence-corrected chi connectivity index (χ3v) is 6.75. The van der Waals surface area contributed by atoms with Gasteiger partial charge in [0.05, 0.1) is 17.7 Å². The third kappa shape index (κ3) is 6.99. The van der Waals surface area contributed by atoms with Crippen molar-refractivity contribution in [3.05, 3.63) is 66.0 Å². The van der Waals surface area contributed by atoms with Crippen molar-refractivity contribution in [2.75, 3.05) is 30.3 Å². The second-order valence-electron chi connectivity index (χ2n) is 9.83. The Morgan fingerprint density at radius 3 is 2.48 bits per heavy atom. The van der Waals surface area contributed by atoms with E-state index in [1.807, 2.05) is 0 Å². The summed E-state index contributed by atoms with van der Waals surface area (Å²) in [6.45, 7) is 2.83. The monoisotopic (exact) mass is 621 g/mol. The SMILES string of the molecule is Fc1cccc(-n2cnc3c(NCc4nc5c(F)c(F)ccc5[nH]4)nc(NCC4CCNCC4)nc32)c1.O=C(O)C(F)(F)F. The van der Waals surface area contributed by atoms with Gasteiger partial charge in [0.1, 0.15) is 23.5 Å². The van der Waals surface area contributed by atoms with Crippen molar-refractivity contribution in [2.45, 2.75) is 25.6 Å². The van der Waals surface area contributed by atoms with Gasteiger partial charge in [0, 0.05) is 6.54 Å². The van der Waals surface area contributed by atoms with Gasteiger partial charge < -0.3 is 26.0 Å². The lowest BCUT2D eigenvalue weighted by Crippen LogP contribution is -2.31. The molecule has 1 fully saturated rings. The number of aliphatic carboxylic acids is 1. The van der Waals surface area contributed by atoms with Gasteiger partial charge in [-0.05, 0) is 62.2 Å². The van der Waals surface area contributed by atoms with Gasteiger partial charge >= 0.3 is 12.1 Å². The molecule has 0 radical (unpaired) electrons. The van der Waals surface area contributed by atoms with Gasteiger partial charge in [-0.1, -0.05) is 6.07 Å². The maximum absolute atomic E-state index is 14.1. The summed E-state index contributed by atoms with van der Waals surface area (Å²) in [4.78, 5) is 29.9. The summed E-state index contributed by atoms with van der Waals surface area (Å²) in [5, 5.41) is 17.0. The molecule has 3 aromatic heterocycles. The first-order valence-electron chi connectivity index (χ1n) is 13.3. The first-order valence-corrected chi connectivity index (χ1v) is 13.3. The van der Waals surface area contributed by atoms with Crippen LogP contribution in [-0.4, -0.2) is 66.4 Å². The minimum absolute atomic E-state index is 0.0654. The maximum atomic E-state index is 14.1. The largest absolute Gasteiger partial charge is 0.490 e. The lowest BCUT2D eigenvalue weighted by Gasteiger charge is -2.22. The first-order chi connectivity index (χ1) is 21.0. The molecule has 2 aromatic carbocycles. The molecule has 1 aliphatic rings. The molecule has 1 saturated heterocycles. The van der Waals surface area contributed by atoms with E-state index < -0.39 is 23.8 Å². The summed E-state index contributed by atoms with van der Waals surface area (Å²) in [5.74, 6) is -3.34. The summed E-state index contributed by atoms with van der Waals surface area (Å²) in [7, 11) is 0. The van der Waals surface area contributed by atoms with Crippen LogP contribution in [0.4, 0.5) is 38.1 Å². The van der Waals surface area contributed by atoms with E-state index in [2.05, 4.69) is 40.9 Å². The smallest absolute Gasteiger partial charge is 0.475 e. The van der Waals surface area contributed by atoms with Crippen LogP contribution in [0.2, 0.25) is 0 Å². The lowest BCUT2D eigenvalue weighted by atomic mass is 9.98. The van der Waals surface area contributed by atoms with Crippen molar-refractivity contribution in [2.24, 2.45) is 5.92 Å². The molecule has 0 bridgehead atoms. The normalized spacial score (nSPS) is 14.0. The molecular formula is C27H25F6N9O2. The van der Waals surface area contributed by atoms with Crippen LogP contribution < -0.4 is 16.0 Å². The van der Waals surface area contributed by atoms with Gasteiger partial charge in [-0.2, -0.15) is 23.1 Å². The van der Waals surface area contributed by atoms with E-state index in [9.17, 15) is 26.3 Å². The van der Waals surface area contributed by atoms with Crippen LogP contribution in [0.1, 0.15) is 18.7 Å². The molecule has 5 N–H and O–H groups in total. The molecule has 17 heteroatoms. The predicted molar refractivity (Wildman–Crippen MR) is 148 cm³/mol. The molecule has 0 spiro atoms. The second kappa shape index (κ2) is 12.7. The van der Waals surface area contributed by atoms with Crippen molar-refractivity contribution in [1.82, 2.24) is 34.8 Å². The number of piperidine rings is 1. The highest BCUT2D eigenvalue weighted by Crippen LogP contribution is 2.25. The molecule has 1 aliphatic heterocycles. The molecule has 0 amide bonds. The predicted octanol–water partition coefficient (Wildman–Crippen LogP) is 4.77. The van der Waals surface area contributed by atoms with Crippen molar-refractivity contribution in [3.8, 4) is 5.69 Å². The maximum Gasteiger partial charge on any atom is 0.490 e. The molecule has 11 nitrogen and oxygen atoms in total. The molecule has 0 unspecified atom stereocenters. The van der Waals surface area contributed by atoms with Crippen molar-refractivity contribution >= 4 is 39.9 Å². The summed E-state index contributed by atoms with van der Waals surface area (Å²) >= 11 is 0. The van der Waals surface area contributed by atoms with Crippen LogP contribution in [0.5, 0.6) is 0 Å². The summed E-state index contributed by atoms with van der Waals surface area (Å²) in [6.07, 6.45) is -1.40. The third-order valence-electron chi connectivity index (χ3n) is 6.75. The van der Waals surface area contributed by atoms with Gasteiger partial charge in [0.25, 0.3) is 0 Å². The number of benzene rings is 2. The number of fused-ring (bicyclic) bond motifs is 2. The van der Waals surface area contributed by atoms with Crippen molar-refractivity contribution in [3.63, 3.8) is 0 Å². The van der Waals surface area contributed by atoms with E-state index in [0.717, 1.165) is 38.5 Å². The number of carboxylic acid groups (broad SMARTS) is 1. The number of aromatic nitrogens is 6. The van der Waals surface area contributed by atoms with Crippen LogP contribution in [0.25, 0.3) is 27.9 Å². The molecule has 5 aromatic rings. The van der Waals surface area contributed by atoms with Gasteiger partial charge in [0.2, 0.25) is 5.95 Å². The highest BCUT2D eigenvalue weighted by Gasteiger charge is 2.38. The molecule has 4 heterocycles. The van der Waals surface area contributed by atoms with Crippen molar-refractivity contribution < 1.29 is 36.2 Å².